The third kappa shape index (κ3) is 3.30. The molecule has 1 aromatic heterocycles. The minimum atomic E-state index is -0.616. The van der Waals surface area contributed by atoms with Crippen molar-refractivity contribution in [2.45, 2.75) is 24.8 Å². The number of hydroxylamine groups is 1. The van der Waals surface area contributed by atoms with Crippen molar-refractivity contribution in [3.63, 3.8) is 0 Å². The van der Waals surface area contributed by atoms with Crippen molar-refractivity contribution in [1.82, 2.24) is 4.90 Å². The second-order valence-electron chi connectivity index (χ2n) is 5.26. The Balaban J connectivity index is 2.13. The van der Waals surface area contributed by atoms with Crippen molar-refractivity contribution in [2.24, 2.45) is 0 Å². The summed E-state index contributed by atoms with van der Waals surface area (Å²) in [5.41, 5.74) is 0. The number of nitro groups is 1. The Morgan fingerprint density at radius 1 is 1.45 bits per heavy atom. The van der Waals surface area contributed by atoms with Crippen molar-refractivity contribution in [2.75, 3.05) is 7.05 Å². The Morgan fingerprint density at radius 2 is 2.14 bits per heavy atom. The first-order chi connectivity index (χ1) is 10.2. The van der Waals surface area contributed by atoms with Crippen LogP contribution in [0.5, 0.6) is 0 Å². The van der Waals surface area contributed by atoms with Crippen LogP contribution in [0.1, 0.15) is 19.6 Å². The lowest BCUT2D eigenvalue weighted by Crippen LogP contribution is -2.45. The molecule has 0 saturated carbocycles. The molecule has 1 fully saturated rings. The molecule has 0 unspecified atom stereocenters. The summed E-state index contributed by atoms with van der Waals surface area (Å²) in [6.07, 6.45) is 3.92. The molecule has 0 spiro atoms. The lowest BCUT2D eigenvalue weighted by molar-refractivity contribution is -0.521. The Labute approximate surface area is 137 Å². The number of hydrogen-bond donors (Lipinski definition) is 0. The third-order valence-electron chi connectivity index (χ3n) is 3.15. The molecule has 1 atom stereocenters. The van der Waals surface area contributed by atoms with Gasteiger partial charge in [0.1, 0.15) is 19.8 Å². The fourth-order valence-corrected chi connectivity index (χ4v) is 4.03. The zero-order valence-electron chi connectivity index (χ0n) is 12.3. The van der Waals surface area contributed by atoms with Crippen LogP contribution in [-0.2, 0) is 0 Å². The third-order valence-corrected chi connectivity index (χ3v) is 4.89. The van der Waals surface area contributed by atoms with E-state index >= 15 is 0 Å². The maximum Gasteiger partial charge on any atom is 0.433 e. The number of rotatable bonds is 4. The predicted octanol–water partition coefficient (Wildman–Crippen LogP) is 2.85. The normalized spacial score (nSPS) is 21.8. The van der Waals surface area contributed by atoms with E-state index in [1.165, 1.54) is 42.3 Å². The van der Waals surface area contributed by atoms with E-state index < -0.39 is 11.1 Å². The average Bonchev–Trinajstić information content (AvgIpc) is 2.93. The Hall–Kier alpha value is -1.87. The van der Waals surface area contributed by atoms with Crippen molar-refractivity contribution < 1.29 is 14.1 Å². The molecule has 2 heterocycles. The highest BCUT2D eigenvalue weighted by atomic mass is 32.2. The topological polar surface area (TPSA) is 85.6 Å². The molecule has 0 aliphatic carbocycles. The van der Waals surface area contributed by atoms with Crippen LogP contribution in [0.4, 0.5) is 5.88 Å². The standard InChI is InChI=1S/C13H15N3O4S2/c1-13(2)11(14(3)12(21)22-13)15(17)8-4-5-9-6-7-10(20-9)16(18)19/h4-8,11H,1-3H3/b5-4+,15-8+/t11-/m1/s1. The van der Waals surface area contributed by atoms with Gasteiger partial charge in [-0.15, -0.1) is 0 Å². The van der Waals surface area contributed by atoms with Crippen LogP contribution in [0.2, 0.25) is 0 Å². The molecule has 0 amide bonds. The molecular weight excluding hydrogens is 326 g/mol. The monoisotopic (exact) mass is 341 g/mol. The van der Waals surface area contributed by atoms with Crippen LogP contribution in [-0.4, -0.2) is 43.1 Å². The number of furan rings is 1. The van der Waals surface area contributed by atoms with Gasteiger partial charge in [0.2, 0.25) is 0 Å². The number of thiocarbonyl (C=S) groups is 1. The summed E-state index contributed by atoms with van der Waals surface area (Å²) in [5, 5.41) is 22.8. The molecule has 0 bridgehead atoms. The zero-order valence-corrected chi connectivity index (χ0v) is 13.9. The molecular formula is C13H15N3O4S2. The van der Waals surface area contributed by atoms with E-state index in [2.05, 4.69) is 0 Å². The second kappa shape index (κ2) is 6.09. The van der Waals surface area contributed by atoms with E-state index in [9.17, 15) is 15.3 Å². The maximum absolute atomic E-state index is 12.3. The number of allylic oxidation sites excluding steroid dienone is 1. The van der Waals surface area contributed by atoms with Gasteiger partial charge < -0.3 is 14.5 Å². The molecule has 118 valence electrons. The molecule has 1 aliphatic heterocycles. The summed E-state index contributed by atoms with van der Waals surface area (Å²) in [5.74, 6) is -0.0303. The van der Waals surface area contributed by atoms with Crippen LogP contribution in [0.15, 0.2) is 22.6 Å². The summed E-state index contributed by atoms with van der Waals surface area (Å²) in [7, 11) is 1.78. The molecule has 1 aliphatic rings. The van der Waals surface area contributed by atoms with Gasteiger partial charge in [0.15, 0.2) is 6.21 Å². The SMILES string of the molecule is CN1C(=S)SC(C)(C)[C@H]1/[N+]([O-])=C\C=C\c1ccc([N+](=O)[O-])o1. The largest absolute Gasteiger partial charge is 0.622 e. The fraction of sp³-hybridized carbons (Fsp3) is 0.385. The Kier molecular flexibility index (Phi) is 4.57. The van der Waals surface area contributed by atoms with Gasteiger partial charge in [0, 0.05) is 13.1 Å². The van der Waals surface area contributed by atoms with Crippen LogP contribution < -0.4 is 0 Å². The van der Waals surface area contributed by atoms with Crippen LogP contribution in [0.3, 0.4) is 0 Å². The molecule has 22 heavy (non-hydrogen) atoms. The number of thioether (sulfide) groups is 1. The van der Waals surface area contributed by atoms with Crippen LogP contribution >= 0.6 is 24.0 Å². The van der Waals surface area contributed by atoms with Gasteiger partial charge in [0.25, 0.3) is 6.17 Å². The van der Waals surface area contributed by atoms with Crippen LogP contribution in [0.25, 0.3) is 6.08 Å². The van der Waals surface area contributed by atoms with Gasteiger partial charge in [-0.05, 0) is 26.0 Å². The molecule has 7 nitrogen and oxygen atoms in total. The highest BCUT2D eigenvalue weighted by Gasteiger charge is 2.48. The molecule has 2 rings (SSSR count). The first kappa shape index (κ1) is 16.5. The van der Waals surface area contributed by atoms with E-state index in [-0.39, 0.29) is 10.6 Å². The minimum absolute atomic E-state index is 0.306. The van der Waals surface area contributed by atoms with E-state index in [0.717, 1.165) is 4.74 Å². The number of nitrogens with zero attached hydrogens (tertiary/aromatic N) is 3. The fourth-order valence-electron chi connectivity index (χ4n) is 2.23. The molecule has 1 saturated heterocycles. The van der Waals surface area contributed by atoms with Crippen molar-refractivity contribution in [1.29, 1.82) is 0 Å². The maximum atomic E-state index is 12.3. The zero-order chi connectivity index (χ0) is 16.5. The lowest BCUT2D eigenvalue weighted by Gasteiger charge is -2.26. The first-order valence-corrected chi connectivity index (χ1v) is 7.62. The lowest BCUT2D eigenvalue weighted by atomic mass is 10.1. The molecule has 0 aromatic carbocycles. The Morgan fingerprint density at radius 3 is 2.64 bits per heavy atom. The molecule has 9 heteroatoms. The Bertz CT molecular complexity index is 666. The second-order valence-corrected chi connectivity index (χ2v) is 7.55. The summed E-state index contributed by atoms with van der Waals surface area (Å²) < 4.78 is 6.13. The minimum Gasteiger partial charge on any atom is -0.622 e. The van der Waals surface area contributed by atoms with E-state index in [0.29, 0.717) is 10.1 Å². The highest BCUT2D eigenvalue weighted by molar-refractivity contribution is 8.24. The van der Waals surface area contributed by atoms with Gasteiger partial charge in [-0.3, -0.25) is 10.1 Å². The van der Waals surface area contributed by atoms with Crippen LogP contribution in [0, 0.1) is 15.3 Å². The van der Waals surface area contributed by atoms with E-state index in [1.807, 2.05) is 13.8 Å². The average molecular weight is 341 g/mol. The van der Waals surface area contributed by atoms with Crippen molar-refractivity contribution in [3.8, 4) is 0 Å². The van der Waals surface area contributed by atoms with Gasteiger partial charge in [0.05, 0.1) is 6.07 Å². The van der Waals surface area contributed by atoms with Crippen molar-refractivity contribution >= 4 is 46.5 Å². The van der Waals surface area contributed by atoms with Gasteiger partial charge in [-0.1, -0.05) is 24.0 Å². The van der Waals surface area contributed by atoms with E-state index in [1.54, 1.807) is 11.9 Å². The van der Waals surface area contributed by atoms with Crippen molar-refractivity contribution in [3.05, 3.63) is 39.3 Å². The molecule has 0 N–H and O–H groups in total. The molecule has 1 aromatic rings. The molecule has 0 radical (unpaired) electrons. The summed E-state index contributed by atoms with van der Waals surface area (Å²) in [6, 6.07) is 2.73. The smallest absolute Gasteiger partial charge is 0.433 e. The quantitative estimate of drug-likeness (QED) is 0.208. The summed E-state index contributed by atoms with van der Waals surface area (Å²) >= 11 is 6.70. The highest BCUT2D eigenvalue weighted by Crippen LogP contribution is 2.40. The van der Waals surface area contributed by atoms with Gasteiger partial charge >= 0.3 is 5.88 Å². The number of hydrogen-bond acceptors (Lipinski definition) is 6. The predicted molar refractivity (Wildman–Crippen MR) is 89.9 cm³/mol. The summed E-state index contributed by atoms with van der Waals surface area (Å²) in [4.78, 5) is 11.7. The van der Waals surface area contributed by atoms with E-state index in [4.69, 9.17) is 16.6 Å². The first-order valence-electron chi connectivity index (χ1n) is 6.39. The van der Waals surface area contributed by atoms with Gasteiger partial charge in [-0.25, -0.2) is 0 Å². The summed E-state index contributed by atoms with van der Waals surface area (Å²) in [6.45, 7) is 3.91. The van der Waals surface area contributed by atoms with Gasteiger partial charge in [-0.2, -0.15) is 4.74 Å².